The first-order valence-corrected chi connectivity index (χ1v) is 5.24. The van der Waals surface area contributed by atoms with Gasteiger partial charge in [0.25, 0.3) is 0 Å². The zero-order valence-electron chi connectivity index (χ0n) is 8.20. The van der Waals surface area contributed by atoms with Gasteiger partial charge in [-0.05, 0) is 25.0 Å². The third kappa shape index (κ3) is 2.18. The van der Waals surface area contributed by atoms with Crippen LogP contribution >= 0.6 is 11.6 Å². The number of nitrogens with one attached hydrogen (secondary N) is 1. The van der Waals surface area contributed by atoms with E-state index in [2.05, 4.69) is 4.98 Å². The lowest BCUT2D eigenvalue weighted by Crippen LogP contribution is -2.06. The van der Waals surface area contributed by atoms with Gasteiger partial charge in [-0.15, -0.1) is 0 Å². The van der Waals surface area contributed by atoms with Crippen LogP contribution in [0.15, 0.2) is 24.4 Å². The van der Waals surface area contributed by atoms with E-state index in [1.54, 1.807) is 6.07 Å². The molecule has 0 amide bonds. The Balaban J connectivity index is 2.30. The second-order valence-electron chi connectivity index (χ2n) is 3.61. The SMILES string of the molecule is N=C(/C(=C\N)c1cccc(Cl)n1)C1CC1. The summed E-state index contributed by atoms with van der Waals surface area (Å²) in [6, 6.07) is 5.34. The smallest absolute Gasteiger partial charge is 0.129 e. The number of hydrogen-bond donors (Lipinski definition) is 2. The number of rotatable bonds is 3. The highest BCUT2D eigenvalue weighted by Gasteiger charge is 2.29. The molecule has 0 spiro atoms. The van der Waals surface area contributed by atoms with E-state index in [-0.39, 0.29) is 0 Å². The maximum atomic E-state index is 7.94. The van der Waals surface area contributed by atoms with Gasteiger partial charge in [-0.3, -0.25) is 0 Å². The van der Waals surface area contributed by atoms with E-state index in [1.165, 1.54) is 6.20 Å². The van der Waals surface area contributed by atoms with Gasteiger partial charge in [0.1, 0.15) is 5.15 Å². The maximum absolute atomic E-state index is 7.94. The predicted octanol–water partition coefficient (Wildman–Crippen LogP) is 2.46. The predicted molar refractivity (Wildman–Crippen MR) is 61.9 cm³/mol. The highest BCUT2D eigenvalue weighted by molar-refractivity contribution is 6.30. The van der Waals surface area contributed by atoms with Crippen molar-refractivity contribution < 1.29 is 0 Å². The van der Waals surface area contributed by atoms with Gasteiger partial charge >= 0.3 is 0 Å². The summed E-state index contributed by atoms with van der Waals surface area (Å²) in [7, 11) is 0. The fourth-order valence-electron chi connectivity index (χ4n) is 1.46. The zero-order valence-corrected chi connectivity index (χ0v) is 8.96. The largest absolute Gasteiger partial charge is 0.404 e. The van der Waals surface area contributed by atoms with E-state index in [0.717, 1.165) is 12.8 Å². The van der Waals surface area contributed by atoms with Crippen molar-refractivity contribution in [3.63, 3.8) is 0 Å². The first-order valence-electron chi connectivity index (χ1n) is 4.86. The summed E-state index contributed by atoms with van der Waals surface area (Å²) in [5, 5.41) is 8.37. The minimum absolute atomic E-state index is 0.362. The van der Waals surface area contributed by atoms with E-state index in [1.807, 2.05) is 12.1 Å². The van der Waals surface area contributed by atoms with Crippen molar-refractivity contribution in [1.29, 1.82) is 5.41 Å². The standard InChI is InChI=1S/C11H12ClN3/c12-10-3-1-2-9(15-10)8(6-13)11(14)7-4-5-7/h1-3,6-7,14H,4-5,13H2/b8-6-,14-11?. The highest BCUT2D eigenvalue weighted by atomic mass is 35.5. The van der Waals surface area contributed by atoms with E-state index < -0.39 is 0 Å². The molecule has 15 heavy (non-hydrogen) atoms. The molecule has 0 atom stereocenters. The number of nitrogens with zero attached hydrogens (tertiary/aromatic N) is 1. The normalized spacial score (nSPS) is 16.5. The highest BCUT2D eigenvalue weighted by Crippen LogP contribution is 2.34. The fraction of sp³-hybridized carbons (Fsp3) is 0.273. The lowest BCUT2D eigenvalue weighted by Gasteiger charge is -2.06. The Morgan fingerprint density at radius 3 is 2.80 bits per heavy atom. The number of aromatic nitrogens is 1. The molecular formula is C11H12ClN3. The molecule has 2 rings (SSSR count). The fourth-order valence-corrected chi connectivity index (χ4v) is 1.63. The summed E-state index contributed by atoms with van der Waals surface area (Å²) in [4.78, 5) is 4.15. The summed E-state index contributed by atoms with van der Waals surface area (Å²) in [5.74, 6) is 0.362. The van der Waals surface area contributed by atoms with Crippen LogP contribution in [0.4, 0.5) is 0 Å². The van der Waals surface area contributed by atoms with Crippen molar-refractivity contribution in [3.05, 3.63) is 35.2 Å². The molecular weight excluding hydrogens is 210 g/mol. The van der Waals surface area contributed by atoms with Crippen molar-refractivity contribution in [3.8, 4) is 0 Å². The summed E-state index contributed by atoms with van der Waals surface area (Å²) in [5.41, 5.74) is 7.49. The van der Waals surface area contributed by atoms with Crippen LogP contribution in [0.5, 0.6) is 0 Å². The van der Waals surface area contributed by atoms with Gasteiger partial charge in [0.2, 0.25) is 0 Å². The zero-order chi connectivity index (χ0) is 10.8. The van der Waals surface area contributed by atoms with Crippen molar-refractivity contribution >= 4 is 22.9 Å². The monoisotopic (exact) mass is 221 g/mol. The first-order chi connectivity index (χ1) is 7.22. The number of halogens is 1. The van der Waals surface area contributed by atoms with Gasteiger partial charge in [-0.2, -0.15) is 0 Å². The second-order valence-corrected chi connectivity index (χ2v) is 4.00. The molecule has 1 aromatic heterocycles. The van der Waals surface area contributed by atoms with E-state index in [0.29, 0.717) is 28.0 Å². The molecule has 1 saturated carbocycles. The number of pyridine rings is 1. The van der Waals surface area contributed by atoms with Gasteiger partial charge in [0.15, 0.2) is 0 Å². The van der Waals surface area contributed by atoms with Crippen molar-refractivity contribution in [2.75, 3.05) is 0 Å². The molecule has 1 aliphatic rings. The minimum atomic E-state index is 0.362. The molecule has 0 unspecified atom stereocenters. The molecule has 1 fully saturated rings. The molecule has 1 heterocycles. The Hall–Kier alpha value is -1.35. The average Bonchev–Trinajstić information content (AvgIpc) is 3.02. The van der Waals surface area contributed by atoms with Crippen LogP contribution < -0.4 is 5.73 Å². The van der Waals surface area contributed by atoms with E-state index in [9.17, 15) is 0 Å². The van der Waals surface area contributed by atoms with Gasteiger partial charge in [-0.25, -0.2) is 4.98 Å². The van der Waals surface area contributed by atoms with Gasteiger partial charge < -0.3 is 11.1 Å². The second kappa shape index (κ2) is 4.03. The molecule has 1 aliphatic carbocycles. The lowest BCUT2D eigenvalue weighted by atomic mass is 10.0. The minimum Gasteiger partial charge on any atom is -0.404 e. The molecule has 0 aromatic carbocycles. The molecule has 0 saturated heterocycles. The molecule has 1 aromatic rings. The van der Waals surface area contributed by atoms with Crippen LogP contribution in [0.3, 0.4) is 0 Å². The Bertz CT molecular complexity index is 422. The van der Waals surface area contributed by atoms with Crippen LogP contribution in [0.2, 0.25) is 5.15 Å². The maximum Gasteiger partial charge on any atom is 0.129 e. The van der Waals surface area contributed by atoms with Crippen LogP contribution in [-0.4, -0.2) is 10.7 Å². The third-order valence-electron chi connectivity index (χ3n) is 2.43. The van der Waals surface area contributed by atoms with Crippen LogP contribution in [0.1, 0.15) is 18.5 Å². The molecule has 3 N–H and O–H groups in total. The Kier molecular flexibility index (Phi) is 2.73. The molecule has 0 bridgehead atoms. The topological polar surface area (TPSA) is 62.8 Å². The van der Waals surface area contributed by atoms with Crippen LogP contribution in [-0.2, 0) is 0 Å². The molecule has 0 aliphatic heterocycles. The summed E-state index contributed by atoms with van der Waals surface area (Å²) < 4.78 is 0. The van der Waals surface area contributed by atoms with Crippen molar-refractivity contribution in [1.82, 2.24) is 4.98 Å². The summed E-state index contributed by atoms with van der Waals surface area (Å²) in [6.07, 6.45) is 3.60. The van der Waals surface area contributed by atoms with Crippen LogP contribution in [0, 0.1) is 11.3 Å². The number of nitrogens with two attached hydrogens (primary N) is 1. The summed E-state index contributed by atoms with van der Waals surface area (Å²) in [6.45, 7) is 0. The van der Waals surface area contributed by atoms with Crippen molar-refractivity contribution in [2.45, 2.75) is 12.8 Å². The Labute approximate surface area is 93.5 Å². The quantitative estimate of drug-likeness (QED) is 0.609. The number of hydrogen-bond acceptors (Lipinski definition) is 3. The van der Waals surface area contributed by atoms with Crippen LogP contribution in [0.25, 0.3) is 5.57 Å². The molecule has 4 heteroatoms. The van der Waals surface area contributed by atoms with Gasteiger partial charge in [0, 0.05) is 23.4 Å². The lowest BCUT2D eigenvalue weighted by molar-refractivity contribution is 1.16. The van der Waals surface area contributed by atoms with Gasteiger partial charge in [-0.1, -0.05) is 17.7 Å². The van der Waals surface area contributed by atoms with E-state index in [4.69, 9.17) is 22.7 Å². The first kappa shape index (κ1) is 10.2. The Morgan fingerprint density at radius 1 is 1.53 bits per heavy atom. The average molecular weight is 222 g/mol. The van der Waals surface area contributed by atoms with Crippen molar-refractivity contribution in [2.24, 2.45) is 11.7 Å². The summed E-state index contributed by atoms with van der Waals surface area (Å²) >= 11 is 5.80. The molecule has 3 nitrogen and oxygen atoms in total. The Morgan fingerprint density at radius 2 is 2.27 bits per heavy atom. The van der Waals surface area contributed by atoms with E-state index >= 15 is 0 Å². The van der Waals surface area contributed by atoms with Gasteiger partial charge in [0.05, 0.1) is 5.69 Å². The number of allylic oxidation sites excluding steroid dienone is 1. The molecule has 78 valence electrons. The third-order valence-corrected chi connectivity index (χ3v) is 2.64. The molecule has 0 radical (unpaired) electrons.